The molecule has 3 rings (SSSR count). The summed E-state index contributed by atoms with van der Waals surface area (Å²) in [6, 6.07) is 6.29. The summed E-state index contributed by atoms with van der Waals surface area (Å²) in [5.41, 5.74) is 2.36. The van der Waals surface area contributed by atoms with E-state index in [1.807, 2.05) is 24.9 Å². The summed E-state index contributed by atoms with van der Waals surface area (Å²) in [6.45, 7) is 11.4. The van der Waals surface area contributed by atoms with Gasteiger partial charge in [-0.25, -0.2) is 0 Å². The SMILES string of the molecule is CCOc1ccc(CNC(=NC)N2CCN(CC(=O)N3CCCC3)CC2)cc1C. The van der Waals surface area contributed by atoms with Crippen LogP contribution in [0.5, 0.6) is 5.75 Å². The van der Waals surface area contributed by atoms with Gasteiger partial charge in [0.05, 0.1) is 13.2 Å². The fourth-order valence-electron chi connectivity index (χ4n) is 4.03. The van der Waals surface area contributed by atoms with Gasteiger partial charge in [-0.15, -0.1) is 0 Å². The molecule has 2 heterocycles. The molecule has 29 heavy (non-hydrogen) atoms. The Morgan fingerprint density at radius 3 is 2.45 bits per heavy atom. The van der Waals surface area contributed by atoms with Gasteiger partial charge in [0.2, 0.25) is 5.91 Å². The van der Waals surface area contributed by atoms with Crippen LogP contribution in [-0.4, -0.2) is 86.0 Å². The zero-order chi connectivity index (χ0) is 20.6. The predicted molar refractivity (Wildman–Crippen MR) is 116 cm³/mol. The van der Waals surface area contributed by atoms with Crippen LogP contribution >= 0.6 is 0 Å². The summed E-state index contributed by atoms with van der Waals surface area (Å²) in [5.74, 6) is 2.15. The van der Waals surface area contributed by atoms with Crippen LogP contribution < -0.4 is 10.1 Å². The lowest BCUT2D eigenvalue weighted by atomic mass is 10.1. The summed E-state index contributed by atoms with van der Waals surface area (Å²) in [7, 11) is 1.83. The number of ether oxygens (including phenoxy) is 1. The third-order valence-electron chi connectivity index (χ3n) is 5.69. The normalized spacial score (nSPS) is 18.2. The monoisotopic (exact) mass is 401 g/mol. The molecule has 1 amide bonds. The second-order valence-corrected chi connectivity index (χ2v) is 7.78. The number of amides is 1. The van der Waals surface area contributed by atoms with Crippen LogP contribution in [0.4, 0.5) is 0 Å². The second kappa shape index (κ2) is 10.5. The lowest BCUT2D eigenvalue weighted by Gasteiger charge is -2.36. The van der Waals surface area contributed by atoms with Crippen LogP contribution in [0.2, 0.25) is 0 Å². The number of hydrogen-bond acceptors (Lipinski definition) is 4. The van der Waals surface area contributed by atoms with Crippen molar-refractivity contribution in [2.75, 3.05) is 59.5 Å². The Hall–Kier alpha value is -2.28. The molecule has 2 saturated heterocycles. The van der Waals surface area contributed by atoms with Gasteiger partial charge < -0.3 is 19.9 Å². The average molecular weight is 402 g/mol. The summed E-state index contributed by atoms with van der Waals surface area (Å²) in [6.07, 6.45) is 2.30. The van der Waals surface area contributed by atoms with E-state index < -0.39 is 0 Å². The molecule has 0 bridgehead atoms. The molecule has 1 aromatic rings. The number of likely N-dealkylation sites (tertiary alicyclic amines) is 1. The largest absolute Gasteiger partial charge is 0.494 e. The molecule has 160 valence electrons. The van der Waals surface area contributed by atoms with E-state index in [-0.39, 0.29) is 5.91 Å². The van der Waals surface area contributed by atoms with E-state index in [1.54, 1.807) is 0 Å². The van der Waals surface area contributed by atoms with Crippen molar-refractivity contribution in [3.8, 4) is 5.75 Å². The second-order valence-electron chi connectivity index (χ2n) is 7.78. The molecule has 2 fully saturated rings. The first-order valence-electron chi connectivity index (χ1n) is 10.8. The van der Waals surface area contributed by atoms with E-state index in [0.29, 0.717) is 13.2 Å². The van der Waals surface area contributed by atoms with Gasteiger partial charge in [0.15, 0.2) is 5.96 Å². The van der Waals surface area contributed by atoms with Crippen molar-refractivity contribution in [2.45, 2.75) is 33.2 Å². The maximum atomic E-state index is 12.4. The maximum Gasteiger partial charge on any atom is 0.236 e. The molecule has 0 atom stereocenters. The number of carbonyl (C=O) groups excluding carboxylic acids is 1. The summed E-state index contributed by atoms with van der Waals surface area (Å²) >= 11 is 0. The van der Waals surface area contributed by atoms with Gasteiger partial charge in [-0.2, -0.15) is 0 Å². The van der Waals surface area contributed by atoms with Crippen LogP contribution in [0, 0.1) is 6.92 Å². The summed E-state index contributed by atoms with van der Waals surface area (Å²) < 4.78 is 5.62. The number of benzene rings is 1. The molecule has 2 aliphatic heterocycles. The molecule has 7 heteroatoms. The number of piperazine rings is 1. The Balaban J connectivity index is 1.45. The van der Waals surface area contributed by atoms with E-state index >= 15 is 0 Å². The van der Waals surface area contributed by atoms with Gasteiger partial charge >= 0.3 is 0 Å². The van der Waals surface area contributed by atoms with E-state index in [1.165, 1.54) is 5.56 Å². The number of hydrogen-bond donors (Lipinski definition) is 1. The number of aryl methyl sites for hydroxylation is 1. The van der Waals surface area contributed by atoms with Crippen LogP contribution in [0.3, 0.4) is 0 Å². The molecule has 0 radical (unpaired) electrons. The number of nitrogens with zero attached hydrogens (tertiary/aromatic N) is 4. The molecular weight excluding hydrogens is 366 g/mol. The van der Waals surface area contributed by atoms with Gasteiger partial charge in [0.1, 0.15) is 5.75 Å². The number of aliphatic imine (C=N–C) groups is 1. The van der Waals surface area contributed by atoms with Crippen molar-refractivity contribution in [3.63, 3.8) is 0 Å². The highest BCUT2D eigenvalue weighted by Crippen LogP contribution is 2.19. The Morgan fingerprint density at radius 1 is 1.10 bits per heavy atom. The standard InChI is InChI=1S/C22H35N5O2/c1-4-29-20-8-7-19(15-18(20)2)16-24-22(23-3)27-13-11-25(12-14-27)17-21(28)26-9-5-6-10-26/h7-8,15H,4-6,9-14,16-17H2,1-3H3,(H,23,24). The number of rotatable bonds is 6. The van der Waals surface area contributed by atoms with Gasteiger partial charge in [-0.1, -0.05) is 12.1 Å². The third kappa shape index (κ3) is 5.85. The predicted octanol–water partition coefficient (Wildman–Crippen LogP) is 1.71. The summed E-state index contributed by atoms with van der Waals surface area (Å²) in [5, 5.41) is 3.48. The highest BCUT2D eigenvalue weighted by Gasteiger charge is 2.24. The molecule has 0 aliphatic carbocycles. The quantitative estimate of drug-likeness (QED) is 0.581. The van der Waals surface area contributed by atoms with Crippen LogP contribution in [0.1, 0.15) is 30.9 Å². The molecule has 0 saturated carbocycles. The lowest BCUT2D eigenvalue weighted by Crippen LogP contribution is -2.54. The van der Waals surface area contributed by atoms with Crippen LogP contribution in [-0.2, 0) is 11.3 Å². The van der Waals surface area contributed by atoms with E-state index in [0.717, 1.165) is 75.9 Å². The lowest BCUT2D eigenvalue weighted by molar-refractivity contribution is -0.131. The average Bonchev–Trinajstić information content (AvgIpc) is 3.27. The minimum Gasteiger partial charge on any atom is -0.494 e. The first kappa shape index (κ1) is 21.4. The molecule has 1 aromatic carbocycles. The van der Waals surface area contributed by atoms with Gasteiger partial charge in [0.25, 0.3) is 0 Å². The van der Waals surface area contributed by atoms with E-state index in [9.17, 15) is 4.79 Å². The van der Waals surface area contributed by atoms with Crippen LogP contribution in [0.15, 0.2) is 23.2 Å². The minimum atomic E-state index is 0.282. The van der Waals surface area contributed by atoms with Crippen molar-refractivity contribution < 1.29 is 9.53 Å². The van der Waals surface area contributed by atoms with Gasteiger partial charge in [-0.05, 0) is 43.9 Å². The molecule has 0 unspecified atom stereocenters. The molecule has 0 spiro atoms. The van der Waals surface area contributed by atoms with Gasteiger partial charge in [0, 0.05) is 52.9 Å². The van der Waals surface area contributed by atoms with Crippen molar-refractivity contribution >= 4 is 11.9 Å². The zero-order valence-electron chi connectivity index (χ0n) is 18.1. The maximum absolute atomic E-state index is 12.4. The van der Waals surface area contributed by atoms with Crippen molar-refractivity contribution in [1.82, 2.24) is 20.0 Å². The highest BCUT2D eigenvalue weighted by molar-refractivity contribution is 5.80. The van der Waals surface area contributed by atoms with Crippen LogP contribution in [0.25, 0.3) is 0 Å². The Bertz CT molecular complexity index is 707. The van der Waals surface area contributed by atoms with E-state index in [2.05, 4.69) is 39.2 Å². The smallest absolute Gasteiger partial charge is 0.236 e. The zero-order valence-corrected chi connectivity index (χ0v) is 18.1. The fraction of sp³-hybridized carbons (Fsp3) is 0.636. The molecule has 7 nitrogen and oxygen atoms in total. The highest BCUT2D eigenvalue weighted by atomic mass is 16.5. The Labute approximate surface area is 174 Å². The van der Waals surface area contributed by atoms with E-state index in [4.69, 9.17) is 4.74 Å². The molecule has 2 aliphatic rings. The molecule has 1 N–H and O–H groups in total. The number of guanidine groups is 1. The summed E-state index contributed by atoms with van der Waals surface area (Å²) in [4.78, 5) is 23.4. The Morgan fingerprint density at radius 2 is 1.83 bits per heavy atom. The molecule has 0 aromatic heterocycles. The topological polar surface area (TPSA) is 60.4 Å². The van der Waals surface area contributed by atoms with Crippen molar-refractivity contribution in [3.05, 3.63) is 29.3 Å². The first-order valence-corrected chi connectivity index (χ1v) is 10.8. The number of nitrogens with one attached hydrogen (secondary N) is 1. The Kier molecular flexibility index (Phi) is 7.75. The van der Waals surface area contributed by atoms with Crippen molar-refractivity contribution in [2.24, 2.45) is 4.99 Å². The minimum absolute atomic E-state index is 0.282. The number of carbonyl (C=O) groups is 1. The first-order chi connectivity index (χ1) is 14.1. The molecular formula is C22H35N5O2. The fourth-order valence-corrected chi connectivity index (χ4v) is 4.03. The van der Waals surface area contributed by atoms with Gasteiger partial charge in [-0.3, -0.25) is 14.7 Å². The van der Waals surface area contributed by atoms with Crippen molar-refractivity contribution in [1.29, 1.82) is 0 Å². The third-order valence-corrected chi connectivity index (χ3v) is 5.69.